The number of nitrogens with one attached hydrogen (secondary N) is 1. The molecule has 0 bridgehead atoms. The summed E-state index contributed by atoms with van der Waals surface area (Å²) in [4.78, 5) is 37.0. The zero-order valence-corrected chi connectivity index (χ0v) is 22.3. The van der Waals surface area contributed by atoms with Crippen LogP contribution >= 0.6 is 11.6 Å². The maximum Gasteiger partial charge on any atom is 0.348 e. The third kappa shape index (κ3) is 5.32. The van der Waals surface area contributed by atoms with Crippen molar-refractivity contribution in [1.29, 1.82) is 0 Å². The number of aliphatic hydroxyl groups excluding tert-OH is 1. The molecule has 0 spiro atoms. The standard InChI is InChI=1S/C26H28ClN5O8/c1-4-25(38)16(12-39-26(22(34)35,23(36)37)10-15-8-6-5-7-9-15)40-21(18(25)33)32-13-29-17-19(28-11-14(2)3)30-24(27)31-20(17)32/h1,5-9,13-14,16,18,21,33,38H,10-12H2,2-3H3,(H,34,35)(H,36,37)(H,28,30,31)/t16-,18+,21-,25-/m1/s1. The van der Waals surface area contributed by atoms with Crippen LogP contribution in [0.2, 0.25) is 5.28 Å². The normalized spacial score (nSPS) is 22.9. The Bertz CT molecular complexity index is 1430. The number of carboxylic acid groups (broad SMARTS) is 2. The van der Waals surface area contributed by atoms with Gasteiger partial charge in [-0.15, -0.1) is 6.42 Å². The molecule has 5 N–H and O–H groups in total. The molecule has 2 aromatic heterocycles. The van der Waals surface area contributed by atoms with Gasteiger partial charge in [-0.2, -0.15) is 9.97 Å². The molecule has 1 aliphatic rings. The summed E-state index contributed by atoms with van der Waals surface area (Å²) in [5, 5.41) is 45.0. The molecule has 212 valence electrons. The summed E-state index contributed by atoms with van der Waals surface area (Å²) in [6.45, 7) is 3.77. The number of aliphatic hydroxyl groups is 2. The van der Waals surface area contributed by atoms with Gasteiger partial charge >= 0.3 is 11.9 Å². The molecule has 0 aliphatic carbocycles. The Morgan fingerprint density at radius 3 is 2.55 bits per heavy atom. The summed E-state index contributed by atoms with van der Waals surface area (Å²) < 4.78 is 12.6. The topological polar surface area (TPSA) is 189 Å². The zero-order chi connectivity index (χ0) is 29.2. The minimum absolute atomic E-state index is 0.117. The second-order valence-corrected chi connectivity index (χ2v) is 10.1. The van der Waals surface area contributed by atoms with Crippen molar-refractivity contribution in [3.8, 4) is 12.3 Å². The zero-order valence-electron chi connectivity index (χ0n) is 21.6. The van der Waals surface area contributed by atoms with E-state index in [-0.39, 0.29) is 16.8 Å². The number of hydrogen-bond acceptors (Lipinski definition) is 10. The van der Waals surface area contributed by atoms with Crippen molar-refractivity contribution in [2.24, 2.45) is 5.92 Å². The lowest BCUT2D eigenvalue weighted by Gasteiger charge is -2.30. The molecule has 0 unspecified atom stereocenters. The third-order valence-electron chi connectivity index (χ3n) is 6.56. The maximum atomic E-state index is 12.2. The smallest absolute Gasteiger partial charge is 0.348 e. The van der Waals surface area contributed by atoms with E-state index in [1.54, 1.807) is 30.3 Å². The van der Waals surface area contributed by atoms with Crippen molar-refractivity contribution in [3.05, 3.63) is 47.5 Å². The molecule has 0 radical (unpaired) electrons. The molecule has 4 rings (SSSR count). The highest BCUT2D eigenvalue weighted by Gasteiger charge is 2.58. The van der Waals surface area contributed by atoms with Crippen molar-refractivity contribution in [3.63, 3.8) is 0 Å². The van der Waals surface area contributed by atoms with Crippen molar-refractivity contribution in [2.75, 3.05) is 18.5 Å². The van der Waals surface area contributed by atoms with Crippen molar-refractivity contribution in [1.82, 2.24) is 19.5 Å². The second-order valence-electron chi connectivity index (χ2n) is 9.78. The fourth-order valence-electron chi connectivity index (χ4n) is 4.34. The van der Waals surface area contributed by atoms with E-state index in [0.29, 0.717) is 23.4 Å². The fraction of sp³-hybridized carbons (Fsp3) is 0.423. The van der Waals surface area contributed by atoms with Crippen molar-refractivity contribution in [2.45, 2.75) is 49.9 Å². The number of halogens is 1. The SMILES string of the molecule is C#C[C@@]1(O)[C@@H](COC(Cc2ccccc2)(C(=O)O)C(=O)O)O[C@@H](n2cnc3c(NCC(C)C)nc(Cl)nc32)[C@@H]1O. The van der Waals surface area contributed by atoms with Crippen LogP contribution in [0, 0.1) is 18.3 Å². The number of terminal acetylenes is 1. The first kappa shape index (κ1) is 29.2. The van der Waals surface area contributed by atoms with Gasteiger partial charge in [0.2, 0.25) is 5.28 Å². The molecule has 3 heterocycles. The summed E-state index contributed by atoms with van der Waals surface area (Å²) in [7, 11) is 0. The first-order valence-corrected chi connectivity index (χ1v) is 12.6. The average Bonchev–Trinajstić information content (AvgIpc) is 3.44. The Balaban J connectivity index is 1.65. The van der Waals surface area contributed by atoms with Gasteiger partial charge < -0.3 is 35.2 Å². The summed E-state index contributed by atoms with van der Waals surface area (Å²) >= 11 is 6.13. The molecule has 14 heteroatoms. The Labute approximate surface area is 233 Å². The lowest BCUT2D eigenvalue weighted by molar-refractivity contribution is -0.191. The van der Waals surface area contributed by atoms with E-state index in [9.17, 15) is 30.0 Å². The maximum absolute atomic E-state index is 12.2. The van der Waals surface area contributed by atoms with Crippen molar-refractivity contribution >= 4 is 40.5 Å². The first-order chi connectivity index (χ1) is 18.9. The molecule has 1 fully saturated rings. The molecule has 1 saturated heterocycles. The van der Waals surface area contributed by atoms with Gasteiger partial charge in [0, 0.05) is 13.0 Å². The Morgan fingerprint density at radius 1 is 1.27 bits per heavy atom. The van der Waals surface area contributed by atoms with Crippen LogP contribution in [0.4, 0.5) is 5.82 Å². The van der Waals surface area contributed by atoms with Crippen LogP contribution in [0.5, 0.6) is 0 Å². The van der Waals surface area contributed by atoms with E-state index in [0.717, 1.165) is 0 Å². The van der Waals surface area contributed by atoms with Gasteiger partial charge in [0.05, 0.1) is 12.9 Å². The van der Waals surface area contributed by atoms with E-state index >= 15 is 0 Å². The number of aromatic nitrogens is 4. The monoisotopic (exact) mass is 573 g/mol. The molecule has 40 heavy (non-hydrogen) atoms. The highest BCUT2D eigenvalue weighted by Crippen LogP contribution is 2.39. The molecule has 0 saturated carbocycles. The van der Waals surface area contributed by atoms with Crippen LogP contribution in [-0.4, -0.2) is 88.4 Å². The Hall–Kier alpha value is -3.80. The number of fused-ring (bicyclic) bond motifs is 1. The largest absolute Gasteiger partial charge is 0.479 e. The number of carboxylic acids is 2. The van der Waals surface area contributed by atoms with Crippen LogP contribution in [-0.2, 0) is 25.5 Å². The molecule has 1 aliphatic heterocycles. The van der Waals surface area contributed by atoms with E-state index in [1.165, 1.54) is 10.9 Å². The quantitative estimate of drug-likeness (QED) is 0.126. The minimum atomic E-state index is -2.73. The van der Waals surface area contributed by atoms with Crippen LogP contribution in [0.25, 0.3) is 11.2 Å². The predicted octanol–water partition coefficient (Wildman–Crippen LogP) is 1.34. The lowest BCUT2D eigenvalue weighted by Crippen LogP contribution is -2.55. The number of rotatable bonds is 11. The molecule has 13 nitrogen and oxygen atoms in total. The number of imidazole rings is 1. The number of benzene rings is 1. The van der Waals surface area contributed by atoms with Crippen LogP contribution in [0.15, 0.2) is 36.7 Å². The number of aliphatic carboxylic acids is 2. The van der Waals surface area contributed by atoms with Gasteiger partial charge in [0.25, 0.3) is 5.60 Å². The highest BCUT2D eigenvalue weighted by molar-refractivity contribution is 6.28. The molecule has 4 atom stereocenters. The number of nitrogens with zero attached hydrogens (tertiary/aromatic N) is 4. The first-order valence-electron chi connectivity index (χ1n) is 12.2. The van der Waals surface area contributed by atoms with E-state index in [1.807, 2.05) is 13.8 Å². The summed E-state index contributed by atoms with van der Waals surface area (Å²) in [5.41, 5.74) is -4.28. The van der Waals surface area contributed by atoms with Crippen LogP contribution in [0.1, 0.15) is 25.6 Å². The van der Waals surface area contributed by atoms with Gasteiger partial charge in [-0.3, -0.25) is 4.57 Å². The highest BCUT2D eigenvalue weighted by atomic mass is 35.5. The molecular weight excluding hydrogens is 546 g/mol. The molecular formula is C26H28ClN5O8. The van der Waals surface area contributed by atoms with Crippen LogP contribution in [0.3, 0.4) is 0 Å². The summed E-state index contributed by atoms with van der Waals surface area (Å²) in [5.74, 6) is -0.830. The van der Waals surface area contributed by atoms with Gasteiger partial charge in [-0.1, -0.05) is 50.1 Å². The number of carbonyl (C=O) groups is 2. The Kier molecular flexibility index (Phi) is 8.29. The molecule has 0 amide bonds. The van der Waals surface area contributed by atoms with E-state index in [2.05, 4.69) is 26.2 Å². The van der Waals surface area contributed by atoms with Gasteiger partial charge in [-0.05, 0) is 23.1 Å². The summed E-state index contributed by atoms with van der Waals surface area (Å²) in [6.07, 6.45) is 1.64. The lowest BCUT2D eigenvalue weighted by atomic mass is 9.92. The minimum Gasteiger partial charge on any atom is -0.479 e. The predicted molar refractivity (Wildman–Crippen MR) is 141 cm³/mol. The van der Waals surface area contributed by atoms with Gasteiger partial charge in [0.15, 0.2) is 28.8 Å². The van der Waals surface area contributed by atoms with E-state index in [4.69, 9.17) is 27.5 Å². The third-order valence-corrected chi connectivity index (χ3v) is 6.73. The molecule has 1 aromatic carbocycles. The van der Waals surface area contributed by atoms with Crippen LogP contribution < -0.4 is 5.32 Å². The molecule has 3 aromatic rings. The number of hydrogen-bond donors (Lipinski definition) is 5. The van der Waals surface area contributed by atoms with E-state index < -0.39 is 54.6 Å². The van der Waals surface area contributed by atoms with Gasteiger partial charge in [-0.25, -0.2) is 14.6 Å². The fourth-order valence-corrected chi connectivity index (χ4v) is 4.50. The number of ether oxygens (including phenoxy) is 2. The second kappa shape index (κ2) is 11.4. The van der Waals surface area contributed by atoms with Crippen molar-refractivity contribution < 1.29 is 39.5 Å². The Morgan fingerprint density at radius 2 is 1.95 bits per heavy atom. The number of anilines is 1. The summed E-state index contributed by atoms with van der Waals surface area (Å²) in [6, 6.07) is 8.04. The van der Waals surface area contributed by atoms with Gasteiger partial charge in [0.1, 0.15) is 12.2 Å². The average molecular weight is 574 g/mol.